The Kier molecular flexibility index (Phi) is 6.91. The van der Waals surface area contributed by atoms with Gasteiger partial charge in [0.1, 0.15) is 0 Å². The summed E-state index contributed by atoms with van der Waals surface area (Å²) in [5.41, 5.74) is 2.90. The first-order valence-electron chi connectivity index (χ1n) is 9.09. The van der Waals surface area contributed by atoms with Crippen molar-refractivity contribution < 1.29 is 14.3 Å². The zero-order valence-electron chi connectivity index (χ0n) is 16.0. The normalized spacial score (nSPS) is 17.5. The summed E-state index contributed by atoms with van der Waals surface area (Å²) in [4.78, 5) is 13.0. The average molecular weight is 463 g/mol. The molecule has 0 bridgehead atoms. The number of carbonyl (C=O) groups is 1. The average Bonchev–Trinajstić information content (AvgIpc) is 3.03. The molecule has 1 heterocycles. The zero-order chi connectivity index (χ0) is 20.1. The number of methoxy groups -OCH3 is 1. The highest BCUT2D eigenvalue weighted by molar-refractivity contribution is 9.10. The second-order valence-corrected chi connectivity index (χ2v) is 8.13. The topological polar surface area (TPSA) is 59.6 Å². The van der Waals surface area contributed by atoms with E-state index in [0.29, 0.717) is 23.0 Å². The van der Waals surface area contributed by atoms with Crippen LogP contribution in [0.2, 0.25) is 0 Å². The SMILES string of the molecule is CCOc1cc(/C=C2\S[C@@H](Nc3ccc(CC)cc3)NC2=O)c(Br)cc1OC. The molecule has 1 fully saturated rings. The number of halogens is 1. The number of carbonyl (C=O) groups excluding carboxylic acids is 1. The Morgan fingerprint density at radius 1 is 1.21 bits per heavy atom. The van der Waals surface area contributed by atoms with Crippen molar-refractivity contribution in [2.24, 2.45) is 0 Å². The van der Waals surface area contributed by atoms with Crippen LogP contribution in [-0.2, 0) is 11.2 Å². The molecule has 5 nitrogen and oxygen atoms in total. The number of benzene rings is 2. The van der Waals surface area contributed by atoms with Gasteiger partial charge in [-0.3, -0.25) is 4.79 Å². The molecule has 7 heteroatoms. The highest BCUT2D eigenvalue weighted by Crippen LogP contribution is 2.37. The first kappa shape index (κ1) is 20.6. The third kappa shape index (κ3) is 4.83. The molecule has 0 spiro atoms. The molecule has 1 aliphatic rings. The lowest BCUT2D eigenvalue weighted by Crippen LogP contribution is -2.30. The number of thioether (sulfide) groups is 1. The van der Waals surface area contributed by atoms with E-state index in [-0.39, 0.29) is 11.4 Å². The molecule has 148 valence electrons. The molecule has 3 rings (SSSR count). The van der Waals surface area contributed by atoms with E-state index in [1.165, 1.54) is 17.3 Å². The second-order valence-electron chi connectivity index (χ2n) is 6.13. The largest absolute Gasteiger partial charge is 0.493 e. The third-order valence-corrected chi connectivity index (χ3v) is 5.98. The third-order valence-electron chi connectivity index (χ3n) is 4.26. The maximum absolute atomic E-state index is 12.4. The summed E-state index contributed by atoms with van der Waals surface area (Å²) in [6.45, 7) is 4.58. The van der Waals surface area contributed by atoms with Crippen LogP contribution in [0, 0.1) is 0 Å². The van der Waals surface area contributed by atoms with Crippen LogP contribution in [0.4, 0.5) is 5.69 Å². The van der Waals surface area contributed by atoms with Crippen molar-refractivity contribution in [3.8, 4) is 11.5 Å². The predicted octanol–water partition coefficient (Wildman–Crippen LogP) is 5.02. The molecule has 28 heavy (non-hydrogen) atoms. The highest BCUT2D eigenvalue weighted by Gasteiger charge is 2.27. The lowest BCUT2D eigenvalue weighted by atomic mass is 10.1. The number of rotatable bonds is 7. The van der Waals surface area contributed by atoms with Gasteiger partial charge in [0, 0.05) is 10.2 Å². The van der Waals surface area contributed by atoms with Gasteiger partial charge in [-0.15, -0.1) is 0 Å². The lowest BCUT2D eigenvalue weighted by Gasteiger charge is -2.13. The molecule has 2 aromatic carbocycles. The van der Waals surface area contributed by atoms with E-state index in [4.69, 9.17) is 9.47 Å². The van der Waals surface area contributed by atoms with Gasteiger partial charge >= 0.3 is 0 Å². The Balaban J connectivity index is 1.77. The Morgan fingerprint density at radius 3 is 2.61 bits per heavy atom. The van der Waals surface area contributed by atoms with Crippen molar-refractivity contribution in [1.29, 1.82) is 0 Å². The van der Waals surface area contributed by atoms with E-state index < -0.39 is 0 Å². The van der Waals surface area contributed by atoms with Gasteiger partial charge in [0.05, 0.1) is 18.6 Å². The molecule has 1 aliphatic heterocycles. The van der Waals surface area contributed by atoms with E-state index in [2.05, 4.69) is 45.6 Å². The van der Waals surface area contributed by atoms with Gasteiger partial charge in [0.15, 0.2) is 17.0 Å². The van der Waals surface area contributed by atoms with E-state index in [0.717, 1.165) is 22.1 Å². The molecule has 0 unspecified atom stereocenters. The lowest BCUT2D eigenvalue weighted by molar-refractivity contribution is -0.116. The maximum atomic E-state index is 12.4. The van der Waals surface area contributed by atoms with Crippen LogP contribution in [0.1, 0.15) is 25.0 Å². The van der Waals surface area contributed by atoms with E-state index in [1.54, 1.807) is 7.11 Å². The Labute approximate surface area is 178 Å². The van der Waals surface area contributed by atoms with Crippen LogP contribution >= 0.6 is 27.7 Å². The fourth-order valence-electron chi connectivity index (χ4n) is 2.78. The Morgan fingerprint density at radius 2 is 1.96 bits per heavy atom. The van der Waals surface area contributed by atoms with Crippen molar-refractivity contribution in [2.45, 2.75) is 25.8 Å². The van der Waals surface area contributed by atoms with Crippen LogP contribution in [-0.4, -0.2) is 25.1 Å². The van der Waals surface area contributed by atoms with Crippen molar-refractivity contribution in [3.05, 3.63) is 56.9 Å². The molecule has 1 saturated heterocycles. The molecule has 2 N–H and O–H groups in total. The number of ether oxygens (including phenoxy) is 2. The summed E-state index contributed by atoms with van der Waals surface area (Å²) in [5.74, 6) is 1.19. The molecular weight excluding hydrogens is 440 g/mol. The summed E-state index contributed by atoms with van der Waals surface area (Å²) in [5, 5.41) is 6.29. The monoisotopic (exact) mass is 462 g/mol. The number of aryl methyl sites for hydroxylation is 1. The van der Waals surface area contributed by atoms with E-state index in [1.807, 2.05) is 37.3 Å². The first-order chi connectivity index (χ1) is 13.5. The summed E-state index contributed by atoms with van der Waals surface area (Å²) in [6, 6.07) is 12.0. The molecule has 0 aromatic heterocycles. The van der Waals surface area contributed by atoms with Crippen molar-refractivity contribution in [2.75, 3.05) is 19.0 Å². The van der Waals surface area contributed by atoms with Crippen LogP contribution < -0.4 is 20.1 Å². The maximum Gasteiger partial charge on any atom is 0.260 e. The van der Waals surface area contributed by atoms with Gasteiger partial charge in [0.25, 0.3) is 5.91 Å². The molecule has 0 aliphatic carbocycles. The zero-order valence-corrected chi connectivity index (χ0v) is 18.4. The number of nitrogens with one attached hydrogen (secondary N) is 2. The molecule has 0 radical (unpaired) electrons. The quantitative estimate of drug-likeness (QED) is 0.565. The van der Waals surface area contributed by atoms with Crippen LogP contribution in [0.15, 0.2) is 45.8 Å². The highest BCUT2D eigenvalue weighted by atomic mass is 79.9. The molecule has 0 saturated carbocycles. The number of anilines is 1. The summed E-state index contributed by atoms with van der Waals surface area (Å²) in [6.07, 6.45) is 2.86. The minimum Gasteiger partial charge on any atom is -0.493 e. The molecule has 2 aromatic rings. The molecular formula is C21H23BrN2O3S. The van der Waals surface area contributed by atoms with Gasteiger partial charge in [-0.25, -0.2) is 0 Å². The van der Waals surface area contributed by atoms with Gasteiger partial charge in [-0.05, 0) is 54.8 Å². The minimum absolute atomic E-state index is 0.103. The smallest absolute Gasteiger partial charge is 0.260 e. The minimum atomic E-state index is -0.213. The fraction of sp³-hybridized carbons (Fsp3) is 0.286. The first-order valence-corrected chi connectivity index (χ1v) is 10.8. The summed E-state index contributed by atoms with van der Waals surface area (Å²) < 4.78 is 11.8. The van der Waals surface area contributed by atoms with E-state index in [9.17, 15) is 4.79 Å². The Hall–Kier alpha value is -2.12. The summed E-state index contributed by atoms with van der Waals surface area (Å²) in [7, 11) is 1.60. The van der Waals surface area contributed by atoms with Crippen molar-refractivity contribution >= 4 is 45.4 Å². The Bertz CT molecular complexity index is 884. The van der Waals surface area contributed by atoms with Crippen LogP contribution in [0.3, 0.4) is 0 Å². The van der Waals surface area contributed by atoms with Gasteiger partial charge in [-0.1, -0.05) is 46.7 Å². The number of hydrogen-bond acceptors (Lipinski definition) is 5. The molecule has 1 amide bonds. The summed E-state index contributed by atoms with van der Waals surface area (Å²) >= 11 is 5.00. The van der Waals surface area contributed by atoms with Crippen LogP contribution in [0.5, 0.6) is 11.5 Å². The van der Waals surface area contributed by atoms with Crippen molar-refractivity contribution in [1.82, 2.24) is 5.32 Å². The predicted molar refractivity (Wildman–Crippen MR) is 119 cm³/mol. The van der Waals surface area contributed by atoms with E-state index >= 15 is 0 Å². The number of hydrogen-bond donors (Lipinski definition) is 2. The van der Waals surface area contributed by atoms with Crippen molar-refractivity contribution in [3.63, 3.8) is 0 Å². The van der Waals surface area contributed by atoms with Gasteiger partial charge in [-0.2, -0.15) is 0 Å². The second kappa shape index (κ2) is 9.39. The van der Waals surface area contributed by atoms with Gasteiger partial charge in [0.2, 0.25) is 0 Å². The van der Waals surface area contributed by atoms with Crippen LogP contribution in [0.25, 0.3) is 6.08 Å². The number of amides is 1. The fourth-order valence-corrected chi connectivity index (χ4v) is 4.20. The standard InChI is InChI=1S/C21H23BrN2O3S/c1-4-13-6-8-15(9-7-13)23-21-24-20(25)19(28-21)11-14-10-18(27-5-2)17(26-3)12-16(14)22/h6-12,21,23H,4-5H2,1-3H3,(H,24,25)/b19-11-/t21-/m0/s1. The molecule has 1 atom stereocenters. The van der Waals surface area contributed by atoms with Gasteiger partial charge < -0.3 is 20.1 Å².